The number of benzene rings is 1. The van der Waals surface area contributed by atoms with Gasteiger partial charge in [-0.25, -0.2) is 36.5 Å². The molecule has 1 saturated heterocycles. The van der Waals surface area contributed by atoms with E-state index in [-0.39, 0.29) is 6.61 Å². The Morgan fingerprint density at radius 2 is 1.68 bits per heavy atom. The van der Waals surface area contributed by atoms with E-state index in [0.29, 0.717) is 91.7 Å². The number of hydrazine groups is 1. The normalized spacial score (nSPS) is 13.3. The molecule has 0 aliphatic carbocycles. The highest BCUT2D eigenvalue weighted by atomic mass is 35.5. The van der Waals surface area contributed by atoms with E-state index in [2.05, 4.69) is 40.2 Å². The van der Waals surface area contributed by atoms with Crippen LogP contribution in [-0.2, 0) is 23.8 Å². The minimum absolute atomic E-state index is 0.277. The number of hydrogen-bond acceptors (Lipinski definition) is 16. The van der Waals surface area contributed by atoms with Crippen LogP contribution in [0.3, 0.4) is 0 Å². The maximum atomic E-state index is 13.1. The first kappa shape index (κ1) is 39.1. The van der Waals surface area contributed by atoms with Crippen LogP contribution in [0.4, 0.5) is 27.2 Å². The fourth-order valence-corrected chi connectivity index (χ4v) is 5.93. The number of nitrogens with zero attached hydrogens (tertiary/aromatic N) is 6. The van der Waals surface area contributed by atoms with Gasteiger partial charge in [-0.2, -0.15) is 0 Å². The molecule has 0 saturated carbocycles. The van der Waals surface area contributed by atoms with Crippen LogP contribution in [0.15, 0.2) is 30.5 Å². The minimum atomic E-state index is -0.480. The number of amides is 2. The fourth-order valence-electron chi connectivity index (χ4n) is 4.86. The van der Waals surface area contributed by atoms with Gasteiger partial charge in [-0.1, -0.05) is 35.1 Å². The van der Waals surface area contributed by atoms with Crippen molar-refractivity contribution in [3.05, 3.63) is 51.7 Å². The number of anilines is 4. The second kappa shape index (κ2) is 20.8. The summed E-state index contributed by atoms with van der Waals surface area (Å²) in [4.78, 5) is 47.8. The van der Waals surface area contributed by atoms with Crippen LogP contribution in [0, 0.1) is 13.8 Å². The zero-order valence-electron chi connectivity index (χ0n) is 28.3. The summed E-state index contributed by atoms with van der Waals surface area (Å²) in [6.07, 6.45) is 0.990. The molecule has 274 valence electrons. The number of aryl methyl sites for hydroxylation is 2. The first-order chi connectivity index (χ1) is 24.2. The number of carbonyl (C=O) groups is 2. The molecule has 17 nitrogen and oxygen atoms in total. The molecule has 3 aromatic rings. The molecule has 0 bridgehead atoms. The molecular formula is C31H45ClN10O7S. The Bertz CT molecular complexity index is 1490. The Hall–Kier alpha value is -3.72. The number of thiazole rings is 1. The van der Waals surface area contributed by atoms with Crippen molar-refractivity contribution in [1.29, 1.82) is 0 Å². The third-order valence-electron chi connectivity index (χ3n) is 7.37. The number of rotatable bonds is 20. The summed E-state index contributed by atoms with van der Waals surface area (Å²) >= 11 is 7.46. The van der Waals surface area contributed by atoms with Crippen LogP contribution < -0.4 is 32.3 Å². The van der Waals surface area contributed by atoms with Crippen LogP contribution >= 0.6 is 22.9 Å². The highest BCUT2D eigenvalue weighted by molar-refractivity contribution is 7.17. The first-order valence-electron chi connectivity index (χ1n) is 16.1. The molecule has 3 heterocycles. The molecule has 0 spiro atoms. The zero-order valence-corrected chi connectivity index (χ0v) is 29.8. The predicted molar refractivity (Wildman–Crippen MR) is 190 cm³/mol. The van der Waals surface area contributed by atoms with Crippen molar-refractivity contribution in [3.8, 4) is 0 Å². The summed E-state index contributed by atoms with van der Waals surface area (Å²) in [6.45, 7) is 10.8. The molecule has 1 aliphatic rings. The fraction of sp³-hybridized carbons (Fsp3) is 0.516. The van der Waals surface area contributed by atoms with Crippen LogP contribution in [0.1, 0.15) is 21.1 Å². The van der Waals surface area contributed by atoms with E-state index in [1.165, 1.54) is 6.20 Å². The number of halogens is 1. The van der Waals surface area contributed by atoms with Gasteiger partial charge in [-0.05, 0) is 25.5 Å². The molecule has 0 radical (unpaired) electrons. The van der Waals surface area contributed by atoms with Crippen LogP contribution in [0.25, 0.3) is 0 Å². The lowest BCUT2D eigenvalue weighted by Crippen LogP contribution is -2.48. The van der Waals surface area contributed by atoms with Gasteiger partial charge >= 0.3 is 6.09 Å². The van der Waals surface area contributed by atoms with E-state index in [9.17, 15) is 9.59 Å². The van der Waals surface area contributed by atoms with Gasteiger partial charge in [0.1, 0.15) is 28.9 Å². The molecule has 1 fully saturated rings. The van der Waals surface area contributed by atoms with E-state index in [1.54, 1.807) is 12.1 Å². The molecule has 19 heteroatoms. The number of ether oxygens (including phenoxy) is 4. The molecule has 1 aliphatic heterocycles. The second-order valence-electron chi connectivity index (χ2n) is 11.0. The van der Waals surface area contributed by atoms with Gasteiger partial charge in [-0.15, -0.1) is 0 Å². The average Bonchev–Trinajstić information content (AvgIpc) is 3.56. The van der Waals surface area contributed by atoms with E-state index in [1.807, 2.05) is 26.0 Å². The zero-order chi connectivity index (χ0) is 35.7. The van der Waals surface area contributed by atoms with Gasteiger partial charge < -0.3 is 39.3 Å². The van der Waals surface area contributed by atoms with E-state index in [4.69, 9.17) is 42.3 Å². The summed E-state index contributed by atoms with van der Waals surface area (Å²) < 4.78 is 21.4. The molecular weight excluding hydrogens is 692 g/mol. The third kappa shape index (κ3) is 12.6. The number of para-hydroxylation sites is 1. The lowest BCUT2D eigenvalue weighted by atomic mass is 10.2. The standard InChI is InChI=1S/C31H45ClN10O7S/c1-22-4-3-5-24(32)28(22)42(33)29(43)25-21-36-30(50-25)39-26-20-27(38-23(2)37-26)41-9-7-40(8-10-41)11-13-48-31(44)35-6-12-45-14-15-46-16-17-47-18-19-49-34/h3-5,20-21H,6-19,33-34H2,1-2H3,(H,35,44)(H,36,37,38,39). The van der Waals surface area contributed by atoms with Gasteiger partial charge in [0.05, 0.1) is 63.2 Å². The van der Waals surface area contributed by atoms with Gasteiger partial charge in [0.15, 0.2) is 5.13 Å². The minimum Gasteiger partial charge on any atom is -0.448 e. The van der Waals surface area contributed by atoms with Crippen molar-refractivity contribution >= 4 is 57.4 Å². The van der Waals surface area contributed by atoms with Crippen molar-refractivity contribution in [2.45, 2.75) is 13.8 Å². The van der Waals surface area contributed by atoms with E-state index in [0.717, 1.165) is 53.9 Å². The molecule has 2 amide bonds. The van der Waals surface area contributed by atoms with Crippen molar-refractivity contribution in [1.82, 2.24) is 25.2 Å². The van der Waals surface area contributed by atoms with Crippen molar-refractivity contribution in [3.63, 3.8) is 0 Å². The maximum Gasteiger partial charge on any atom is 0.407 e. The van der Waals surface area contributed by atoms with E-state index < -0.39 is 12.0 Å². The number of nitrogens with two attached hydrogens (primary N) is 2. The number of hydrogen-bond donors (Lipinski definition) is 4. The molecule has 0 atom stereocenters. The van der Waals surface area contributed by atoms with E-state index >= 15 is 0 Å². The molecule has 4 rings (SSSR count). The van der Waals surface area contributed by atoms with Crippen LogP contribution in [0.2, 0.25) is 5.02 Å². The number of carbonyl (C=O) groups excluding carboxylic acids is 2. The quantitative estimate of drug-likeness (QED) is 0.0568. The van der Waals surface area contributed by atoms with Crippen LogP contribution in [-0.4, -0.2) is 124 Å². The lowest BCUT2D eigenvalue weighted by molar-refractivity contribution is -0.00170. The van der Waals surface area contributed by atoms with Crippen molar-refractivity contribution in [2.24, 2.45) is 11.7 Å². The summed E-state index contributed by atoms with van der Waals surface area (Å²) in [5.41, 5.74) is 1.23. The van der Waals surface area contributed by atoms with Gasteiger partial charge in [0.25, 0.3) is 5.91 Å². The van der Waals surface area contributed by atoms with Gasteiger partial charge in [0.2, 0.25) is 0 Å². The van der Waals surface area contributed by atoms with Gasteiger partial charge in [-0.3, -0.25) is 9.69 Å². The largest absolute Gasteiger partial charge is 0.448 e. The number of aromatic nitrogens is 3. The molecule has 6 N–H and O–H groups in total. The summed E-state index contributed by atoms with van der Waals surface area (Å²) in [7, 11) is 0. The second-order valence-corrected chi connectivity index (χ2v) is 12.4. The molecule has 1 aromatic carbocycles. The lowest BCUT2D eigenvalue weighted by Gasteiger charge is -2.35. The number of piperazine rings is 1. The van der Waals surface area contributed by atoms with Crippen molar-refractivity contribution < 1.29 is 33.4 Å². The Labute approximate surface area is 300 Å². The Morgan fingerprint density at radius 3 is 2.38 bits per heavy atom. The Balaban J connectivity index is 1.12. The Kier molecular flexibility index (Phi) is 16.3. The highest BCUT2D eigenvalue weighted by Crippen LogP contribution is 2.30. The monoisotopic (exact) mass is 736 g/mol. The number of nitrogens with one attached hydrogen (secondary N) is 2. The molecule has 0 unspecified atom stereocenters. The molecule has 2 aromatic heterocycles. The summed E-state index contributed by atoms with van der Waals surface area (Å²) in [5.74, 6) is 12.6. The molecule has 50 heavy (non-hydrogen) atoms. The van der Waals surface area contributed by atoms with Crippen molar-refractivity contribution in [2.75, 3.05) is 107 Å². The smallest absolute Gasteiger partial charge is 0.407 e. The van der Waals surface area contributed by atoms with Gasteiger partial charge in [0, 0.05) is 45.3 Å². The topological polar surface area (TPSA) is 205 Å². The Morgan fingerprint density at radius 1 is 0.980 bits per heavy atom. The average molecular weight is 737 g/mol. The number of alkyl carbamates (subject to hydrolysis) is 1. The SMILES string of the molecule is Cc1nc(Nc2ncc(C(=O)N(N)c3c(C)cccc3Cl)s2)cc(N2CCN(CCOC(=O)NCCOCCOCCOCCON)CC2)n1. The highest BCUT2D eigenvalue weighted by Gasteiger charge is 2.22. The maximum absolute atomic E-state index is 13.1. The summed E-state index contributed by atoms with van der Waals surface area (Å²) in [5, 5.41) is 7.79. The first-order valence-corrected chi connectivity index (χ1v) is 17.3. The predicted octanol–water partition coefficient (Wildman–Crippen LogP) is 2.26. The summed E-state index contributed by atoms with van der Waals surface area (Å²) in [6, 6.07) is 7.17. The third-order valence-corrected chi connectivity index (χ3v) is 8.57. The van der Waals surface area contributed by atoms with Crippen LogP contribution in [0.5, 0.6) is 0 Å².